The maximum Gasteiger partial charge on any atom is 0.248 e. The van der Waals surface area contributed by atoms with Crippen LogP contribution in [0.15, 0.2) is 79.0 Å². The molecule has 0 saturated heterocycles. The van der Waals surface area contributed by atoms with E-state index < -0.39 is 0 Å². The molecule has 4 rings (SSSR count). The van der Waals surface area contributed by atoms with Gasteiger partial charge in [0.2, 0.25) is 11.9 Å². The molecule has 0 saturated carbocycles. The van der Waals surface area contributed by atoms with Gasteiger partial charge in [-0.25, -0.2) is 4.98 Å². The van der Waals surface area contributed by atoms with Crippen molar-refractivity contribution in [1.82, 2.24) is 14.9 Å². The Morgan fingerprint density at radius 2 is 1.81 bits per heavy atom. The Labute approximate surface area is 211 Å². The van der Waals surface area contributed by atoms with E-state index in [-0.39, 0.29) is 5.91 Å². The maximum atomic E-state index is 12.4. The van der Waals surface area contributed by atoms with Gasteiger partial charge in [0, 0.05) is 36.1 Å². The average Bonchev–Trinajstić information content (AvgIpc) is 2.86. The highest BCUT2D eigenvalue weighted by molar-refractivity contribution is 6.01. The fourth-order valence-corrected chi connectivity index (χ4v) is 3.56. The molecule has 8 heteroatoms. The van der Waals surface area contributed by atoms with Crippen LogP contribution in [0, 0.1) is 6.92 Å². The van der Waals surface area contributed by atoms with Crippen LogP contribution in [-0.2, 0) is 4.79 Å². The molecule has 1 aromatic heterocycles. The van der Waals surface area contributed by atoms with Crippen LogP contribution in [-0.4, -0.2) is 48.5 Å². The molecule has 0 spiro atoms. The SMILES string of the molecule is COc1ccc(NC(=O)/C=C/CN(C)C)c(Nc2ncc(C)c(Nc3ccc4ccccc4c3)n2)c1. The predicted octanol–water partition coefficient (Wildman–Crippen LogP) is 5.49. The number of hydrogen-bond acceptors (Lipinski definition) is 7. The Kier molecular flexibility index (Phi) is 7.77. The average molecular weight is 483 g/mol. The molecule has 0 unspecified atom stereocenters. The van der Waals surface area contributed by atoms with Crippen LogP contribution in [0.5, 0.6) is 5.75 Å². The number of amides is 1. The van der Waals surface area contributed by atoms with Gasteiger partial charge in [-0.05, 0) is 56.1 Å². The van der Waals surface area contributed by atoms with Crippen molar-refractivity contribution in [2.24, 2.45) is 0 Å². The summed E-state index contributed by atoms with van der Waals surface area (Å²) in [7, 11) is 5.48. The van der Waals surface area contributed by atoms with E-state index in [4.69, 9.17) is 4.74 Å². The van der Waals surface area contributed by atoms with Gasteiger partial charge in [0.15, 0.2) is 0 Å². The highest BCUT2D eigenvalue weighted by atomic mass is 16.5. The number of hydrogen-bond donors (Lipinski definition) is 3. The number of aromatic nitrogens is 2. The lowest BCUT2D eigenvalue weighted by molar-refractivity contribution is -0.111. The van der Waals surface area contributed by atoms with Crippen molar-refractivity contribution in [3.63, 3.8) is 0 Å². The van der Waals surface area contributed by atoms with E-state index in [0.717, 1.165) is 16.6 Å². The molecule has 3 aromatic carbocycles. The Morgan fingerprint density at radius 1 is 1.00 bits per heavy atom. The molecular weight excluding hydrogens is 452 g/mol. The minimum Gasteiger partial charge on any atom is -0.497 e. The first-order valence-electron chi connectivity index (χ1n) is 11.6. The minimum atomic E-state index is -0.228. The topological polar surface area (TPSA) is 91.4 Å². The summed E-state index contributed by atoms with van der Waals surface area (Å²) in [5.74, 6) is 1.48. The van der Waals surface area contributed by atoms with E-state index in [1.54, 1.807) is 37.6 Å². The fraction of sp³-hybridized carbons (Fsp3) is 0.179. The number of fused-ring (bicyclic) bond motifs is 1. The second kappa shape index (κ2) is 11.3. The van der Waals surface area contributed by atoms with Gasteiger partial charge in [0.05, 0.1) is 18.5 Å². The van der Waals surface area contributed by atoms with Crippen molar-refractivity contribution >= 4 is 45.5 Å². The third-order valence-electron chi connectivity index (χ3n) is 5.45. The Morgan fingerprint density at radius 3 is 2.58 bits per heavy atom. The summed E-state index contributed by atoms with van der Waals surface area (Å²) in [6, 6.07) is 19.7. The van der Waals surface area contributed by atoms with Crippen molar-refractivity contribution in [2.45, 2.75) is 6.92 Å². The van der Waals surface area contributed by atoms with E-state index in [1.807, 2.05) is 44.1 Å². The number of benzene rings is 3. The second-order valence-electron chi connectivity index (χ2n) is 8.60. The van der Waals surface area contributed by atoms with Crippen molar-refractivity contribution in [1.29, 1.82) is 0 Å². The monoisotopic (exact) mass is 482 g/mol. The highest BCUT2D eigenvalue weighted by Crippen LogP contribution is 2.30. The van der Waals surface area contributed by atoms with Crippen LogP contribution in [0.25, 0.3) is 10.8 Å². The summed E-state index contributed by atoms with van der Waals surface area (Å²) in [4.78, 5) is 23.5. The Balaban J connectivity index is 1.56. The zero-order chi connectivity index (χ0) is 25.5. The summed E-state index contributed by atoms with van der Waals surface area (Å²) in [5, 5.41) is 11.8. The van der Waals surface area contributed by atoms with Gasteiger partial charge in [0.25, 0.3) is 0 Å². The Hall–Kier alpha value is -4.43. The van der Waals surface area contributed by atoms with Crippen LogP contribution in [0.4, 0.5) is 28.8 Å². The van der Waals surface area contributed by atoms with Crippen LogP contribution >= 0.6 is 0 Å². The van der Waals surface area contributed by atoms with Crippen LogP contribution in [0.3, 0.4) is 0 Å². The van der Waals surface area contributed by atoms with Gasteiger partial charge < -0.3 is 25.6 Å². The number of ether oxygens (including phenoxy) is 1. The number of methoxy groups -OCH3 is 1. The lowest BCUT2D eigenvalue weighted by Crippen LogP contribution is -2.13. The van der Waals surface area contributed by atoms with E-state index in [2.05, 4.69) is 50.2 Å². The standard InChI is InChI=1S/C28H30N6O2/c1-19-18-29-28(33-27(19)30-22-12-11-20-8-5-6-9-21(20)16-22)32-25-17-23(36-4)13-14-24(25)31-26(35)10-7-15-34(2)3/h5-14,16-18H,15H2,1-4H3,(H,31,35)(H2,29,30,32,33)/b10-7+. The zero-order valence-electron chi connectivity index (χ0n) is 20.9. The lowest BCUT2D eigenvalue weighted by atomic mass is 10.1. The van der Waals surface area contributed by atoms with Crippen LogP contribution < -0.4 is 20.7 Å². The fourth-order valence-electron chi connectivity index (χ4n) is 3.56. The van der Waals surface area contributed by atoms with Gasteiger partial charge in [-0.1, -0.05) is 36.4 Å². The van der Waals surface area contributed by atoms with Crippen molar-refractivity contribution < 1.29 is 9.53 Å². The summed E-state index contributed by atoms with van der Waals surface area (Å²) in [6.07, 6.45) is 5.07. The van der Waals surface area contributed by atoms with Crippen LogP contribution in [0.1, 0.15) is 5.56 Å². The first-order valence-corrected chi connectivity index (χ1v) is 11.6. The van der Waals surface area contributed by atoms with Gasteiger partial charge in [-0.3, -0.25) is 4.79 Å². The van der Waals surface area contributed by atoms with Crippen LogP contribution in [0.2, 0.25) is 0 Å². The predicted molar refractivity (Wildman–Crippen MR) is 147 cm³/mol. The molecule has 3 N–H and O–H groups in total. The number of likely N-dealkylation sites (N-methyl/N-ethyl adjacent to an activating group) is 1. The van der Waals surface area contributed by atoms with Crippen molar-refractivity contribution in [3.05, 3.63) is 84.6 Å². The zero-order valence-corrected chi connectivity index (χ0v) is 20.9. The minimum absolute atomic E-state index is 0.228. The van der Waals surface area contributed by atoms with Gasteiger partial charge in [-0.2, -0.15) is 4.98 Å². The molecule has 0 fully saturated rings. The molecule has 0 atom stereocenters. The summed E-state index contributed by atoms with van der Waals surface area (Å²) < 4.78 is 5.38. The third kappa shape index (κ3) is 6.37. The van der Waals surface area contributed by atoms with Gasteiger partial charge in [-0.15, -0.1) is 0 Å². The Bertz CT molecular complexity index is 1400. The number of aryl methyl sites for hydroxylation is 1. The van der Waals surface area contributed by atoms with Gasteiger partial charge >= 0.3 is 0 Å². The first-order chi connectivity index (χ1) is 17.4. The molecule has 8 nitrogen and oxygen atoms in total. The number of nitrogens with one attached hydrogen (secondary N) is 3. The molecular formula is C28H30N6O2. The third-order valence-corrected chi connectivity index (χ3v) is 5.45. The molecule has 0 bridgehead atoms. The second-order valence-corrected chi connectivity index (χ2v) is 8.60. The van der Waals surface area contributed by atoms with Gasteiger partial charge in [0.1, 0.15) is 11.6 Å². The molecule has 36 heavy (non-hydrogen) atoms. The largest absolute Gasteiger partial charge is 0.497 e. The lowest BCUT2D eigenvalue weighted by Gasteiger charge is -2.15. The first kappa shape index (κ1) is 24.7. The molecule has 0 aliphatic heterocycles. The van der Waals surface area contributed by atoms with Crippen molar-refractivity contribution in [3.8, 4) is 5.75 Å². The molecule has 1 heterocycles. The van der Waals surface area contributed by atoms with Crippen molar-refractivity contribution in [2.75, 3.05) is 43.7 Å². The smallest absolute Gasteiger partial charge is 0.248 e. The van der Waals surface area contributed by atoms with E-state index in [9.17, 15) is 4.79 Å². The molecule has 1 amide bonds. The normalized spacial score (nSPS) is 11.1. The molecule has 0 aliphatic carbocycles. The summed E-state index contributed by atoms with van der Waals surface area (Å²) in [6.45, 7) is 2.62. The van der Waals surface area contributed by atoms with E-state index >= 15 is 0 Å². The quantitative estimate of drug-likeness (QED) is 0.272. The molecule has 0 radical (unpaired) electrons. The molecule has 4 aromatic rings. The number of rotatable bonds is 9. The number of carbonyl (C=O) groups is 1. The maximum absolute atomic E-state index is 12.4. The highest BCUT2D eigenvalue weighted by Gasteiger charge is 2.11. The number of anilines is 5. The number of carbonyl (C=O) groups excluding carboxylic acids is 1. The molecule has 0 aliphatic rings. The molecule has 184 valence electrons. The number of nitrogens with zero attached hydrogens (tertiary/aromatic N) is 3. The van der Waals surface area contributed by atoms with E-state index in [1.165, 1.54) is 11.5 Å². The summed E-state index contributed by atoms with van der Waals surface area (Å²) >= 11 is 0. The summed E-state index contributed by atoms with van der Waals surface area (Å²) in [5.41, 5.74) is 3.03. The van der Waals surface area contributed by atoms with E-state index in [0.29, 0.717) is 35.4 Å².